The van der Waals surface area contributed by atoms with Crippen LogP contribution in [0.2, 0.25) is 10.0 Å². The Labute approximate surface area is 166 Å². The molecule has 0 aromatic heterocycles. The molecule has 0 amide bonds. The number of thiocarbonyl (C=S) groups is 1. The predicted molar refractivity (Wildman–Crippen MR) is 113 cm³/mol. The van der Waals surface area contributed by atoms with E-state index in [4.69, 9.17) is 35.4 Å². The molecule has 2 N–H and O–H groups in total. The third-order valence-corrected chi connectivity index (χ3v) is 5.31. The van der Waals surface area contributed by atoms with Crippen LogP contribution in [0.3, 0.4) is 0 Å². The number of rotatable bonds is 4. The van der Waals surface area contributed by atoms with Crippen LogP contribution in [-0.2, 0) is 0 Å². The molecule has 3 aromatic carbocycles. The van der Waals surface area contributed by atoms with Crippen molar-refractivity contribution in [1.29, 1.82) is 0 Å². The number of hydrogen-bond donors (Lipinski definition) is 2. The standard InChI is InChI=1S/C19H14Cl2N2S2/c20-15-11-10-13(12-16(15)21)22-19(24)23-17-8-4-5-9-18(17)25-14-6-2-1-3-7-14/h1-12H,(H2,22,23,24). The number of anilines is 2. The molecule has 0 atom stereocenters. The van der Waals surface area contributed by atoms with Gasteiger partial charge in [0.15, 0.2) is 5.11 Å². The molecule has 3 rings (SSSR count). The molecule has 3 aromatic rings. The molecule has 0 heterocycles. The van der Waals surface area contributed by atoms with E-state index in [1.807, 2.05) is 42.5 Å². The van der Waals surface area contributed by atoms with Crippen LogP contribution in [0.4, 0.5) is 11.4 Å². The summed E-state index contributed by atoms with van der Waals surface area (Å²) in [6.45, 7) is 0. The fraction of sp³-hybridized carbons (Fsp3) is 0. The summed E-state index contributed by atoms with van der Waals surface area (Å²) in [6.07, 6.45) is 0. The second-order valence-electron chi connectivity index (χ2n) is 5.12. The first-order valence-corrected chi connectivity index (χ1v) is 9.45. The third kappa shape index (κ3) is 5.13. The SMILES string of the molecule is S=C(Nc1ccc(Cl)c(Cl)c1)Nc1ccccc1Sc1ccccc1. The highest BCUT2D eigenvalue weighted by atomic mass is 35.5. The molecule has 0 saturated carbocycles. The fourth-order valence-corrected chi connectivity index (χ4v) is 3.58. The topological polar surface area (TPSA) is 24.1 Å². The Kier molecular flexibility index (Phi) is 6.21. The van der Waals surface area contributed by atoms with Crippen molar-refractivity contribution in [2.75, 3.05) is 10.6 Å². The normalized spacial score (nSPS) is 10.3. The van der Waals surface area contributed by atoms with Crippen LogP contribution in [0.1, 0.15) is 0 Å². The van der Waals surface area contributed by atoms with Gasteiger partial charge in [-0.1, -0.05) is 65.3 Å². The minimum atomic E-state index is 0.481. The van der Waals surface area contributed by atoms with Crippen LogP contribution in [0.15, 0.2) is 82.6 Å². The number of hydrogen-bond acceptors (Lipinski definition) is 2. The summed E-state index contributed by atoms with van der Waals surface area (Å²) in [5, 5.41) is 7.83. The van der Waals surface area contributed by atoms with E-state index in [0.717, 1.165) is 16.3 Å². The molecular formula is C19H14Cl2N2S2. The van der Waals surface area contributed by atoms with E-state index in [1.165, 1.54) is 4.90 Å². The number of halogens is 2. The Morgan fingerprint density at radius 3 is 2.28 bits per heavy atom. The first kappa shape index (κ1) is 18.1. The van der Waals surface area contributed by atoms with Crippen molar-refractivity contribution in [3.8, 4) is 0 Å². The van der Waals surface area contributed by atoms with Crippen LogP contribution < -0.4 is 10.6 Å². The van der Waals surface area contributed by atoms with Gasteiger partial charge in [0.05, 0.1) is 15.7 Å². The van der Waals surface area contributed by atoms with Gasteiger partial charge in [-0.05, 0) is 54.7 Å². The predicted octanol–water partition coefficient (Wildman–Crippen LogP) is 6.95. The minimum absolute atomic E-state index is 0.481. The van der Waals surface area contributed by atoms with E-state index in [2.05, 4.69) is 28.8 Å². The van der Waals surface area contributed by atoms with Crippen molar-refractivity contribution in [2.24, 2.45) is 0 Å². The molecule has 0 radical (unpaired) electrons. The highest BCUT2D eigenvalue weighted by Gasteiger charge is 2.07. The van der Waals surface area contributed by atoms with Crippen molar-refractivity contribution >= 4 is 63.7 Å². The Hall–Kier alpha value is -1.72. The summed E-state index contributed by atoms with van der Waals surface area (Å²) >= 11 is 19.1. The summed E-state index contributed by atoms with van der Waals surface area (Å²) < 4.78 is 0. The summed E-state index contributed by atoms with van der Waals surface area (Å²) in [7, 11) is 0. The molecule has 25 heavy (non-hydrogen) atoms. The van der Waals surface area contributed by atoms with Crippen molar-refractivity contribution in [3.63, 3.8) is 0 Å². The molecule has 0 aliphatic heterocycles. The second kappa shape index (κ2) is 8.59. The van der Waals surface area contributed by atoms with Crippen molar-refractivity contribution in [1.82, 2.24) is 0 Å². The maximum Gasteiger partial charge on any atom is 0.175 e. The number of nitrogens with one attached hydrogen (secondary N) is 2. The zero-order valence-corrected chi connectivity index (χ0v) is 16.1. The maximum absolute atomic E-state index is 6.03. The van der Waals surface area contributed by atoms with Gasteiger partial charge >= 0.3 is 0 Å². The van der Waals surface area contributed by atoms with E-state index in [9.17, 15) is 0 Å². The van der Waals surface area contributed by atoms with E-state index in [-0.39, 0.29) is 0 Å². The lowest BCUT2D eigenvalue weighted by Crippen LogP contribution is -2.19. The van der Waals surface area contributed by atoms with Gasteiger partial charge in [0.2, 0.25) is 0 Å². The van der Waals surface area contributed by atoms with Crippen molar-refractivity contribution < 1.29 is 0 Å². The molecular weight excluding hydrogens is 391 g/mol. The number of para-hydroxylation sites is 1. The van der Waals surface area contributed by atoms with Crippen molar-refractivity contribution in [3.05, 3.63) is 82.8 Å². The largest absolute Gasteiger partial charge is 0.332 e. The van der Waals surface area contributed by atoms with Crippen LogP contribution in [0.25, 0.3) is 0 Å². The lowest BCUT2D eigenvalue weighted by Gasteiger charge is -2.14. The Morgan fingerprint density at radius 1 is 0.800 bits per heavy atom. The van der Waals surface area contributed by atoms with Crippen LogP contribution in [-0.4, -0.2) is 5.11 Å². The molecule has 0 fully saturated rings. The van der Waals surface area contributed by atoms with E-state index >= 15 is 0 Å². The smallest absolute Gasteiger partial charge is 0.175 e. The number of benzene rings is 3. The average molecular weight is 405 g/mol. The van der Waals surface area contributed by atoms with Gasteiger partial charge in [-0.25, -0.2) is 0 Å². The Morgan fingerprint density at radius 2 is 1.52 bits per heavy atom. The van der Waals surface area contributed by atoms with Gasteiger partial charge in [0.25, 0.3) is 0 Å². The highest BCUT2D eigenvalue weighted by molar-refractivity contribution is 7.99. The van der Waals surface area contributed by atoms with Gasteiger partial charge in [-0.2, -0.15) is 0 Å². The summed E-state index contributed by atoms with van der Waals surface area (Å²) in [4.78, 5) is 2.26. The minimum Gasteiger partial charge on any atom is -0.332 e. The Bertz CT molecular complexity index is 886. The monoisotopic (exact) mass is 404 g/mol. The second-order valence-corrected chi connectivity index (χ2v) is 7.46. The maximum atomic E-state index is 6.03. The zero-order chi connectivity index (χ0) is 17.6. The molecule has 0 aliphatic carbocycles. The molecule has 0 saturated heterocycles. The molecule has 0 unspecified atom stereocenters. The molecule has 2 nitrogen and oxygen atoms in total. The quantitative estimate of drug-likeness (QED) is 0.459. The molecule has 126 valence electrons. The highest BCUT2D eigenvalue weighted by Crippen LogP contribution is 2.33. The Balaban J connectivity index is 1.72. The van der Waals surface area contributed by atoms with Crippen molar-refractivity contribution in [2.45, 2.75) is 9.79 Å². The first-order valence-electron chi connectivity index (χ1n) is 7.47. The van der Waals surface area contributed by atoms with Crippen LogP contribution >= 0.6 is 47.2 Å². The molecule has 6 heteroatoms. The van der Waals surface area contributed by atoms with Gasteiger partial charge in [0, 0.05) is 15.5 Å². The fourth-order valence-electron chi connectivity index (χ4n) is 2.13. The summed E-state index contributed by atoms with van der Waals surface area (Å²) in [6, 6.07) is 23.5. The third-order valence-electron chi connectivity index (χ3n) is 3.28. The molecule has 0 bridgehead atoms. The first-order chi connectivity index (χ1) is 12.1. The molecule has 0 spiro atoms. The van der Waals surface area contributed by atoms with E-state index in [1.54, 1.807) is 23.9 Å². The van der Waals surface area contributed by atoms with Gasteiger partial charge in [-0.15, -0.1) is 0 Å². The van der Waals surface area contributed by atoms with Gasteiger partial charge < -0.3 is 10.6 Å². The van der Waals surface area contributed by atoms with Crippen LogP contribution in [0, 0.1) is 0 Å². The lowest BCUT2D eigenvalue weighted by molar-refractivity contribution is 1.40. The zero-order valence-electron chi connectivity index (χ0n) is 13.0. The van der Waals surface area contributed by atoms with Crippen LogP contribution in [0.5, 0.6) is 0 Å². The van der Waals surface area contributed by atoms with E-state index in [0.29, 0.717) is 15.2 Å². The lowest BCUT2D eigenvalue weighted by atomic mass is 10.3. The van der Waals surface area contributed by atoms with Gasteiger partial charge in [0.1, 0.15) is 0 Å². The van der Waals surface area contributed by atoms with Gasteiger partial charge in [-0.3, -0.25) is 0 Å². The summed E-state index contributed by atoms with van der Waals surface area (Å²) in [5.74, 6) is 0. The molecule has 0 aliphatic rings. The summed E-state index contributed by atoms with van der Waals surface area (Å²) in [5.41, 5.74) is 1.72. The average Bonchev–Trinajstić information content (AvgIpc) is 2.61. The van der Waals surface area contributed by atoms with E-state index < -0.39 is 0 Å².